The molecule has 0 spiro atoms. The third-order valence-electron chi connectivity index (χ3n) is 5.33. The van der Waals surface area contributed by atoms with Gasteiger partial charge in [-0.3, -0.25) is 9.69 Å². The maximum atomic E-state index is 12.4. The summed E-state index contributed by atoms with van der Waals surface area (Å²) in [7, 11) is 2.13. The van der Waals surface area contributed by atoms with Gasteiger partial charge >= 0.3 is 5.97 Å². The zero-order valence-corrected chi connectivity index (χ0v) is 13.1. The predicted octanol–water partition coefficient (Wildman–Crippen LogP) is 0.0934. The standard InChI is InChI=1S/C17H21NO4.H2O/c1-18-13-7-11(8-14(18)16-15(13)22-16)21-17(20)12(9-19)10-5-3-2-4-6-10;/h2-6,11-16,19H,7-9H2,1H3;1H2. The van der Waals surface area contributed by atoms with E-state index in [1.807, 2.05) is 30.3 Å². The van der Waals surface area contributed by atoms with E-state index in [-0.39, 0.29) is 24.2 Å². The molecule has 3 fully saturated rings. The summed E-state index contributed by atoms with van der Waals surface area (Å²) in [6.45, 7) is -0.226. The van der Waals surface area contributed by atoms with Crippen LogP contribution < -0.4 is 0 Å². The van der Waals surface area contributed by atoms with Gasteiger partial charge in [-0.1, -0.05) is 30.3 Å². The highest BCUT2D eigenvalue weighted by atomic mass is 16.6. The number of aliphatic hydroxyl groups excluding tert-OH is 1. The lowest BCUT2D eigenvalue weighted by molar-refractivity contribution is -0.156. The molecule has 3 heterocycles. The second kappa shape index (κ2) is 6.20. The van der Waals surface area contributed by atoms with Crippen LogP contribution in [0, 0.1) is 0 Å². The maximum Gasteiger partial charge on any atom is 0.316 e. The van der Waals surface area contributed by atoms with E-state index in [2.05, 4.69) is 11.9 Å². The van der Waals surface area contributed by atoms with Gasteiger partial charge in [0.05, 0.1) is 6.61 Å². The van der Waals surface area contributed by atoms with Gasteiger partial charge in [-0.05, 0) is 12.6 Å². The molecule has 126 valence electrons. The van der Waals surface area contributed by atoms with Crippen LogP contribution in [-0.2, 0) is 14.3 Å². The van der Waals surface area contributed by atoms with E-state index in [1.54, 1.807) is 0 Å². The SMILES string of the molecule is CN1C2CC(OC(=O)C(CO)c3ccccc3)CC1C1OC12.O. The van der Waals surface area contributed by atoms with E-state index in [0.29, 0.717) is 24.3 Å². The van der Waals surface area contributed by atoms with Crippen LogP contribution in [0.15, 0.2) is 30.3 Å². The summed E-state index contributed by atoms with van der Waals surface area (Å²) >= 11 is 0. The molecule has 0 amide bonds. The van der Waals surface area contributed by atoms with Crippen molar-refractivity contribution in [2.24, 2.45) is 0 Å². The van der Waals surface area contributed by atoms with E-state index in [1.165, 1.54) is 0 Å². The largest absolute Gasteiger partial charge is 0.462 e. The number of benzene rings is 1. The Labute approximate surface area is 135 Å². The number of morpholine rings is 1. The minimum absolute atomic E-state index is 0. The van der Waals surface area contributed by atoms with Crippen molar-refractivity contribution < 1.29 is 24.9 Å². The van der Waals surface area contributed by atoms with Gasteiger partial charge in [0, 0.05) is 24.9 Å². The molecule has 3 aliphatic rings. The van der Waals surface area contributed by atoms with Crippen LogP contribution in [0.3, 0.4) is 0 Å². The summed E-state index contributed by atoms with van der Waals surface area (Å²) in [6.07, 6.45) is 2.26. The average molecular weight is 321 g/mol. The molecule has 5 atom stereocenters. The number of ether oxygens (including phenoxy) is 2. The number of epoxide rings is 1. The van der Waals surface area contributed by atoms with Crippen molar-refractivity contribution in [1.29, 1.82) is 0 Å². The van der Waals surface area contributed by atoms with Gasteiger partial charge in [0.15, 0.2) is 0 Å². The minimum atomic E-state index is -0.593. The van der Waals surface area contributed by atoms with Gasteiger partial charge in [0.1, 0.15) is 24.2 Å². The van der Waals surface area contributed by atoms with Crippen molar-refractivity contribution in [3.8, 4) is 0 Å². The molecular weight excluding hydrogens is 298 g/mol. The van der Waals surface area contributed by atoms with Crippen LogP contribution in [0.5, 0.6) is 0 Å². The number of nitrogens with zero attached hydrogens (tertiary/aromatic N) is 1. The van der Waals surface area contributed by atoms with E-state index in [9.17, 15) is 9.90 Å². The highest BCUT2D eigenvalue weighted by Gasteiger charge is 2.62. The summed E-state index contributed by atoms with van der Waals surface area (Å²) in [6, 6.07) is 10.1. The number of carbonyl (C=O) groups excluding carboxylic acids is 1. The highest BCUT2D eigenvalue weighted by molar-refractivity contribution is 5.78. The lowest BCUT2D eigenvalue weighted by Crippen LogP contribution is -2.48. The van der Waals surface area contributed by atoms with Crippen LogP contribution in [0.25, 0.3) is 0 Å². The highest BCUT2D eigenvalue weighted by Crippen LogP contribution is 2.48. The van der Waals surface area contributed by atoms with Crippen molar-refractivity contribution in [1.82, 2.24) is 4.90 Å². The van der Waals surface area contributed by atoms with Crippen molar-refractivity contribution >= 4 is 5.97 Å². The number of fused-ring (bicyclic) bond motifs is 5. The summed E-state index contributed by atoms with van der Waals surface area (Å²) in [5.41, 5.74) is 0.803. The smallest absolute Gasteiger partial charge is 0.316 e. The van der Waals surface area contributed by atoms with Crippen LogP contribution in [0.2, 0.25) is 0 Å². The van der Waals surface area contributed by atoms with Crippen LogP contribution in [-0.4, -0.2) is 65.5 Å². The molecule has 1 aromatic carbocycles. The zero-order chi connectivity index (χ0) is 15.3. The lowest BCUT2D eigenvalue weighted by Gasteiger charge is -2.38. The third kappa shape index (κ3) is 2.76. The van der Waals surface area contributed by atoms with Gasteiger partial charge < -0.3 is 20.1 Å². The fourth-order valence-electron chi connectivity index (χ4n) is 4.04. The second-order valence-corrected chi connectivity index (χ2v) is 6.54. The molecule has 4 rings (SSSR count). The topological polar surface area (TPSA) is 93.8 Å². The molecule has 3 N–H and O–H groups in total. The Morgan fingerprint density at radius 3 is 2.48 bits per heavy atom. The molecule has 6 heteroatoms. The molecular formula is C17H23NO5. The van der Waals surface area contributed by atoms with Crippen molar-refractivity contribution in [3.63, 3.8) is 0 Å². The number of piperidine rings is 1. The van der Waals surface area contributed by atoms with Crippen molar-refractivity contribution in [2.75, 3.05) is 13.7 Å². The van der Waals surface area contributed by atoms with Crippen molar-refractivity contribution in [3.05, 3.63) is 35.9 Å². The van der Waals surface area contributed by atoms with Gasteiger partial charge in [-0.25, -0.2) is 0 Å². The Morgan fingerprint density at radius 2 is 1.91 bits per heavy atom. The Hall–Kier alpha value is -1.47. The predicted molar refractivity (Wildman–Crippen MR) is 83.0 cm³/mol. The molecule has 2 bridgehead atoms. The number of hydrogen-bond acceptors (Lipinski definition) is 5. The number of carbonyl (C=O) groups is 1. The summed E-state index contributed by atoms with van der Waals surface area (Å²) in [5.74, 6) is -0.915. The van der Waals surface area contributed by atoms with Gasteiger partial charge in [0.25, 0.3) is 0 Å². The zero-order valence-electron chi connectivity index (χ0n) is 13.1. The molecule has 0 saturated carbocycles. The molecule has 3 saturated heterocycles. The molecule has 3 aliphatic heterocycles. The first kappa shape index (κ1) is 16.4. The van der Waals surface area contributed by atoms with E-state index < -0.39 is 5.92 Å². The minimum Gasteiger partial charge on any atom is -0.462 e. The molecule has 0 aliphatic carbocycles. The summed E-state index contributed by atoms with van der Waals surface area (Å²) in [4.78, 5) is 14.8. The lowest BCUT2D eigenvalue weighted by atomic mass is 9.97. The molecule has 23 heavy (non-hydrogen) atoms. The summed E-state index contributed by atoms with van der Waals surface area (Å²) in [5, 5.41) is 9.56. The summed E-state index contributed by atoms with van der Waals surface area (Å²) < 4.78 is 11.4. The molecule has 5 unspecified atom stereocenters. The van der Waals surface area contributed by atoms with Crippen molar-refractivity contribution in [2.45, 2.75) is 49.2 Å². The fourth-order valence-corrected chi connectivity index (χ4v) is 4.04. The Morgan fingerprint density at radius 1 is 1.30 bits per heavy atom. The second-order valence-electron chi connectivity index (χ2n) is 6.54. The Bertz CT molecular complexity index is 547. The van der Waals surface area contributed by atoms with Gasteiger partial charge in [-0.2, -0.15) is 0 Å². The molecule has 6 nitrogen and oxygen atoms in total. The number of aliphatic hydroxyl groups is 1. The number of rotatable bonds is 4. The first-order valence-electron chi connectivity index (χ1n) is 7.92. The number of hydrogen-bond donors (Lipinski definition) is 1. The van der Waals surface area contributed by atoms with Crippen LogP contribution in [0.1, 0.15) is 24.3 Å². The van der Waals surface area contributed by atoms with Gasteiger partial charge in [-0.15, -0.1) is 0 Å². The Balaban J connectivity index is 0.00000156. The molecule has 0 radical (unpaired) electrons. The first-order valence-corrected chi connectivity index (χ1v) is 7.92. The number of likely N-dealkylation sites (N-methyl/N-ethyl adjacent to an activating group) is 1. The fraction of sp³-hybridized carbons (Fsp3) is 0.588. The Kier molecular flexibility index (Phi) is 4.42. The van der Waals surface area contributed by atoms with Crippen LogP contribution >= 0.6 is 0 Å². The first-order chi connectivity index (χ1) is 10.7. The van der Waals surface area contributed by atoms with E-state index in [0.717, 1.165) is 18.4 Å². The average Bonchev–Trinajstić information content (AvgIpc) is 3.27. The normalized spacial score (nSPS) is 35.8. The monoisotopic (exact) mass is 321 g/mol. The quantitative estimate of drug-likeness (QED) is 0.627. The van der Waals surface area contributed by atoms with E-state index in [4.69, 9.17) is 9.47 Å². The van der Waals surface area contributed by atoms with Gasteiger partial charge in [0.2, 0.25) is 0 Å². The number of esters is 1. The van der Waals surface area contributed by atoms with E-state index >= 15 is 0 Å². The van der Waals surface area contributed by atoms with Crippen LogP contribution in [0.4, 0.5) is 0 Å². The third-order valence-corrected chi connectivity index (χ3v) is 5.33. The maximum absolute atomic E-state index is 12.4. The molecule has 1 aromatic rings. The molecule has 0 aromatic heterocycles.